The monoisotopic (exact) mass is 253 g/mol. The highest BCUT2D eigenvalue weighted by Crippen LogP contribution is 2.18. The molecule has 0 aromatic heterocycles. The summed E-state index contributed by atoms with van der Waals surface area (Å²) in [5.41, 5.74) is 0. The molecule has 0 aromatic rings. The smallest absolute Gasteiger partial charge is 0.0243 e. The second-order valence-electron chi connectivity index (χ2n) is 6.54. The van der Waals surface area contributed by atoms with Crippen LogP contribution in [0.5, 0.6) is 0 Å². The van der Waals surface area contributed by atoms with Crippen LogP contribution in [-0.2, 0) is 0 Å². The lowest BCUT2D eigenvalue weighted by atomic mass is 10.0. The summed E-state index contributed by atoms with van der Waals surface area (Å²) in [6, 6.07) is 1.50. The molecule has 2 heterocycles. The Bertz CT molecular complexity index is 228. The molecule has 0 saturated carbocycles. The van der Waals surface area contributed by atoms with E-state index in [1.54, 1.807) is 0 Å². The molecular weight excluding hydrogens is 222 g/mol. The Labute approximate surface area is 113 Å². The van der Waals surface area contributed by atoms with Crippen LogP contribution in [0.4, 0.5) is 0 Å². The highest BCUT2D eigenvalue weighted by molar-refractivity contribution is 4.83. The minimum absolute atomic E-state index is 0.743. The van der Waals surface area contributed by atoms with E-state index in [0.29, 0.717) is 0 Å². The zero-order chi connectivity index (χ0) is 13.0. The van der Waals surface area contributed by atoms with Gasteiger partial charge in [0.15, 0.2) is 0 Å². The van der Waals surface area contributed by atoms with Crippen LogP contribution in [0.1, 0.15) is 39.5 Å². The maximum absolute atomic E-state index is 3.83. The standard InChI is InChI=1S/C15H31N3/c1-13(2)15(18-8-4-5-9-18)12-16-14-6-10-17(3)11-7-14/h13-16H,4-12H2,1-3H3. The molecular formula is C15H31N3. The summed E-state index contributed by atoms with van der Waals surface area (Å²) in [6.45, 7) is 11.1. The molecule has 0 aliphatic carbocycles. The van der Waals surface area contributed by atoms with Crippen LogP contribution in [0.25, 0.3) is 0 Å². The second-order valence-corrected chi connectivity index (χ2v) is 6.54. The first kappa shape index (κ1) is 14.3. The normalized spacial score (nSPS) is 26.0. The summed E-state index contributed by atoms with van der Waals surface area (Å²) >= 11 is 0. The van der Waals surface area contributed by atoms with Gasteiger partial charge in [0.05, 0.1) is 0 Å². The summed E-state index contributed by atoms with van der Waals surface area (Å²) in [5.74, 6) is 0.766. The van der Waals surface area contributed by atoms with E-state index in [0.717, 1.165) is 18.0 Å². The summed E-state index contributed by atoms with van der Waals surface area (Å²) in [6.07, 6.45) is 5.44. The van der Waals surface area contributed by atoms with Crippen molar-refractivity contribution in [3.63, 3.8) is 0 Å². The molecule has 0 bridgehead atoms. The fourth-order valence-corrected chi connectivity index (χ4v) is 3.36. The molecule has 3 nitrogen and oxygen atoms in total. The Hall–Kier alpha value is -0.120. The molecule has 2 aliphatic rings. The SMILES string of the molecule is CC(C)C(CNC1CCN(C)CC1)N1CCCC1. The maximum Gasteiger partial charge on any atom is 0.0243 e. The van der Waals surface area contributed by atoms with E-state index in [1.165, 1.54) is 58.4 Å². The zero-order valence-electron chi connectivity index (χ0n) is 12.5. The lowest BCUT2D eigenvalue weighted by Crippen LogP contribution is -2.49. The zero-order valence-corrected chi connectivity index (χ0v) is 12.5. The van der Waals surface area contributed by atoms with Gasteiger partial charge in [0.2, 0.25) is 0 Å². The molecule has 0 aromatic carbocycles. The number of nitrogens with one attached hydrogen (secondary N) is 1. The molecule has 1 atom stereocenters. The van der Waals surface area contributed by atoms with E-state index in [2.05, 4.69) is 36.0 Å². The van der Waals surface area contributed by atoms with Crippen LogP contribution in [0.3, 0.4) is 0 Å². The van der Waals surface area contributed by atoms with Gasteiger partial charge in [-0.25, -0.2) is 0 Å². The van der Waals surface area contributed by atoms with E-state index in [9.17, 15) is 0 Å². The topological polar surface area (TPSA) is 18.5 Å². The fraction of sp³-hybridized carbons (Fsp3) is 1.00. The predicted molar refractivity (Wildman–Crippen MR) is 78.0 cm³/mol. The number of nitrogens with zero attached hydrogens (tertiary/aromatic N) is 2. The third-order valence-corrected chi connectivity index (χ3v) is 4.71. The van der Waals surface area contributed by atoms with Crippen molar-refractivity contribution < 1.29 is 0 Å². The van der Waals surface area contributed by atoms with E-state index in [-0.39, 0.29) is 0 Å². The van der Waals surface area contributed by atoms with Gasteiger partial charge in [-0.15, -0.1) is 0 Å². The average molecular weight is 253 g/mol. The molecule has 1 unspecified atom stereocenters. The number of likely N-dealkylation sites (tertiary alicyclic amines) is 2. The Balaban J connectivity index is 1.75. The third-order valence-electron chi connectivity index (χ3n) is 4.71. The highest BCUT2D eigenvalue weighted by atomic mass is 15.2. The van der Waals surface area contributed by atoms with Crippen molar-refractivity contribution in [2.75, 3.05) is 39.8 Å². The van der Waals surface area contributed by atoms with Gasteiger partial charge < -0.3 is 10.2 Å². The minimum Gasteiger partial charge on any atom is -0.312 e. The number of hydrogen-bond acceptors (Lipinski definition) is 3. The van der Waals surface area contributed by atoms with E-state index in [4.69, 9.17) is 0 Å². The Kier molecular flexibility index (Phi) is 5.46. The first-order valence-electron chi connectivity index (χ1n) is 7.83. The van der Waals surface area contributed by atoms with Crippen LogP contribution in [0, 0.1) is 5.92 Å². The van der Waals surface area contributed by atoms with Gasteiger partial charge in [-0.3, -0.25) is 4.90 Å². The lowest BCUT2D eigenvalue weighted by molar-refractivity contribution is 0.169. The average Bonchev–Trinajstić information content (AvgIpc) is 2.85. The van der Waals surface area contributed by atoms with Crippen LogP contribution in [0.2, 0.25) is 0 Å². The number of hydrogen-bond donors (Lipinski definition) is 1. The van der Waals surface area contributed by atoms with Crippen molar-refractivity contribution in [3.8, 4) is 0 Å². The quantitative estimate of drug-likeness (QED) is 0.806. The van der Waals surface area contributed by atoms with Crippen LogP contribution < -0.4 is 5.32 Å². The third kappa shape index (κ3) is 3.94. The van der Waals surface area contributed by atoms with Crippen molar-refractivity contribution in [1.82, 2.24) is 15.1 Å². The van der Waals surface area contributed by atoms with E-state index in [1.807, 2.05) is 0 Å². The number of piperidine rings is 1. The molecule has 2 saturated heterocycles. The number of rotatable bonds is 5. The van der Waals surface area contributed by atoms with Gasteiger partial charge in [-0.2, -0.15) is 0 Å². The fourth-order valence-electron chi connectivity index (χ4n) is 3.36. The van der Waals surface area contributed by atoms with Gasteiger partial charge in [-0.1, -0.05) is 13.8 Å². The molecule has 106 valence electrons. The molecule has 2 fully saturated rings. The van der Waals surface area contributed by atoms with Crippen LogP contribution >= 0.6 is 0 Å². The van der Waals surface area contributed by atoms with Gasteiger partial charge >= 0.3 is 0 Å². The molecule has 3 heteroatoms. The summed E-state index contributed by atoms with van der Waals surface area (Å²) in [4.78, 5) is 5.14. The van der Waals surface area contributed by atoms with Gasteiger partial charge in [-0.05, 0) is 64.8 Å². The summed E-state index contributed by atoms with van der Waals surface area (Å²) in [7, 11) is 2.23. The lowest BCUT2D eigenvalue weighted by Gasteiger charge is -2.35. The van der Waals surface area contributed by atoms with Crippen molar-refractivity contribution >= 4 is 0 Å². The van der Waals surface area contributed by atoms with Crippen LogP contribution in [-0.4, -0.2) is 61.7 Å². The van der Waals surface area contributed by atoms with Crippen molar-refractivity contribution in [2.24, 2.45) is 5.92 Å². The first-order chi connectivity index (χ1) is 8.66. The molecule has 0 spiro atoms. The molecule has 2 rings (SSSR count). The van der Waals surface area contributed by atoms with Gasteiger partial charge in [0, 0.05) is 18.6 Å². The Morgan fingerprint density at radius 1 is 1.06 bits per heavy atom. The van der Waals surface area contributed by atoms with E-state index < -0.39 is 0 Å². The maximum atomic E-state index is 3.83. The van der Waals surface area contributed by atoms with Gasteiger partial charge in [0.1, 0.15) is 0 Å². The summed E-state index contributed by atoms with van der Waals surface area (Å²) < 4.78 is 0. The summed E-state index contributed by atoms with van der Waals surface area (Å²) in [5, 5.41) is 3.83. The molecule has 1 N–H and O–H groups in total. The second kappa shape index (κ2) is 6.88. The molecule has 0 radical (unpaired) electrons. The van der Waals surface area contributed by atoms with Gasteiger partial charge in [0.25, 0.3) is 0 Å². The molecule has 18 heavy (non-hydrogen) atoms. The highest BCUT2D eigenvalue weighted by Gasteiger charge is 2.25. The van der Waals surface area contributed by atoms with E-state index >= 15 is 0 Å². The molecule has 2 aliphatic heterocycles. The minimum atomic E-state index is 0.743. The Morgan fingerprint density at radius 2 is 1.67 bits per heavy atom. The van der Waals surface area contributed by atoms with Crippen molar-refractivity contribution in [2.45, 2.75) is 51.6 Å². The van der Waals surface area contributed by atoms with Crippen LogP contribution in [0.15, 0.2) is 0 Å². The largest absolute Gasteiger partial charge is 0.312 e. The molecule has 0 amide bonds. The predicted octanol–water partition coefficient (Wildman–Crippen LogP) is 1.79. The first-order valence-corrected chi connectivity index (χ1v) is 7.83. The van der Waals surface area contributed by atoms with Crippen molar-refractivity contribution in [1.29, 1.82) is 0 Å². The Morgan fingerprint density at radius 3 is 2.22 bits per heavy atom. The van der Waals surface area contributed by atoms with Crippen molar-refractivity contribution in [3.05, 3.63) is 0 Å².